The van der Waals surface area contributed by atoms with Crippen LogP contribution in [-0.4, -0.2) is 18.7 Å². The van der Waals surface area contributed by atoms with Crippen molar-refractivity contribution < 1.29 is 18.7 Å². The van der Waals surface area contributed by atoms with Crippen LogP contribution in [0.3, 0.4) is 0 Å². The van der Waals surface area contributed by atoms with E-state index in [0.717, 1.165) is 0 Å². The normalized spacial score (nSPS) is 12.9. The van der Waals surface area contributed by atoms with Crippen LogP contribution < -0.4 is 4.74 Å². The number of benzene rings is 2. The fourth-order valence-electron chi connectivity index (χ4n) is 2.25. The van der Waals surface area contributed by atoms with Crippen molar-refractivity contribution in [1.82, 2.24) is 0 Å². The average molecular weight is 256 g/mol. The second-order valence-corrected chi connectivity index (χ2v) is 4.26. The Balaban J connectivity index is 2.35. The molecular weight excluding hydrogens is 247 g/mol. The monoisotopic (exact) mass is 256 g/mol. The Morgan fingerprint density at radius 3 is 2.05 bits per heavy atom. The van der Waals surface area contributed by atoms with Crippen molar-refractivity contribution in [2.75, 3.05) is 7.11 Å². The number of carbonyl (C=O) groups is 2. The number of Topliss-reactive ketones (excluding diaryl/α,β-unsaturated/α-hetero) is 2. The lowest BCUT2D eigenvalue weighted by Gasteiger charge is -2.18. The molecule has 0 atom stereocenters. The highest BCUT2D eigenvalue weighted by Crippen LogP contribution is 2.36. The van der Waals surface area contributed by atoms with Gasteiger partial charge in [0.1, 0.15) is 11.6 Å². The Bertz CT molecular complexity index is 719. The van der Waals surface area contributed by atoms with E-state index < -0.39 is 17.4 Å². The third-order valence-electron chi connectivity index (χ3n) is 3.19. The van der Waals surface area contributed by atoms with Crippen LogP contribution in [0.25, 0.3) is 11.1 Å². The highest BCUT2D eigenvalue weighted by atomic mass is 19.1. The molecule has 0 saturated heterocycles. The predicted molar refractivity (Wildman–Crippen MR) is 67.0 cm³/mol. The Labute approximate surface area is 108 Å². The second kappa shape index (κ2) is 4.02. The number of methoxy groups -OCH3 is 1. The van der Waals surface area contributed by atoms with Gasteiger partial charge >= 0.3 is 0 Å². The molecular formula is C15H9FO3. The van der Waals surface area contributed by atoms with Crippen molar-refractivity contribution >= 4 is 11.6 Å². The fourth-order valence-corrected chi connectivity index (χ4v) is 2.25. The van der Waals surface area contributed by atoms with E-state index in [2.05, 4.69) is 0 Å². The molecule has 2 aromatic carbocycles. The Kier molecular flexibility index (Phi) is 2.45. The summed E-state index contributed by atoms with van der Waals surface area (Å²) in [5.74, 6) is -1.07. The number of hydrogen-bond acceptors (Lipinski definition) is 3. The molecule has 19 heavy (non-hydrogen) atoms. The van der Waals surface area contributed by atoms with Gasteiger partial charge in [0.15, 0.2) is 0 Å². The summed E-state index contributed by atoms with van der Waals surface area (Å²) in [5, 5.41) is 0. The quantitative estimate of drug-likeness (QED) is 0.737. The van der Waals surface area contributed by atoms with Gasteiger partial charge in [-0.2, -0.15) is 0 Å². The summed E-state index contributed by atoms with van der Waals surface area (Å²) in [4.78, 5) is 23.9. The zero-order valence-electron chi connectivity index (χ0n) is 10.1. The van der Waals surface area contributed by atoms with Crippen LogP contribution in [0, 0.1) is 5.82 Å². The highest BCUT2D eigenvalue weighted by molar-refractivity contribution is 6.53. The molecule has 0 unspecified atom stereocenters. The molecule has 0 saturated carbocycles. The number of fused-ring (bicyclic) bond motifs is 3. The molecule has 3 rings (SSSR count). The highest BCUT2D eigenvalue weighted by Gasteiger charge is 2.30. The maximum Gasteiger partial charge on any atom is 0.234 e. The van der Waals surface area contributed by atoms with E-state index in [9.17, 15) is 14.0 Å². The smallest absolute Gasteiger partial charge is 0.234 e. The van der Waals surface area contributed by atoms with E-state index in [4.69, 9.17) is 4.74 Å². The zero-order valence-corrected chi connectivity index (χ0v) is 10.1. The maximum atomic E-state index is 13.4. The minimum absolute atomic E-state index is 0.229. The summed E-state index contributed by atoms with van der Waals surface area (Å²) in [5.41, 5.74) is 1.47. The lowest BCUT2D eigenvalue weighted by Crippen LogP contribution is -2.21. The molecule has 94 valence electrons. The number of rotatable bonds is 1. The van der Waals surface area contributed by atoms with Crippen molar-refractivity contribution in [1.29, 1.82) is 0 Å². The third-order valence-corrected chi connectivity index (χ3v) is 3.19. The largest absolute Gasteiger partial charge is 0.497 e. The summed E-state index contributed by atoms with van der Waals surface area (Å²) >= 11 is 0. The van der Waals surface area contributed by atoms with Crippen molar-refractivity contribution in [2.24, 2.45) is 0 Å². The van der Waals surface area contributed by atoms with Gasteiger partial charge in [-0.1, -0.05) is 0 Å². The van der Waals surface area contributed by atoms with Gasteiger partial charge in [0, 0.05) is 11.1 Å². The van der Waals surface area contributed by atoms with Gasteiger partial charge in [-0.05, 0) is 47.5 Å². The van der Waals surface area contributed by atoms with Crippen molar-refractivity contribution in [3.63, 3.8) is 0 Å². The molecule has 0 fully saturated rings. The first-order chi connectivity index (χ1) is 9.11. The van der Waals surface area contributed by atoms with Crippen LogP contribution in [0.1, 0.15) is 20.7 Å². The van der Waals surface area contributed by atoms with Gasteiger partial charge in [0.2, 0.25) is 11.6 Å². The fraction of sp³-hybridized carbons (Fsp3) is 0.0667. The van der Waals surface area contributed by atoms with Crippen LogP contribution in [0.2, 0.25) is 0 Å². The zero-order chi connectivity index (χ0) is 13.6. The number of ether oxygens (including phenoxy) is 1. The SMILES string of the molecule is COc1ccc2c(c1)-c1cc(F)ccc1C(=O)C2=O. The van der Waals surface area contributed by atoms with Crippen LogP contribution >= 0.6 is 0 Å². The van der Waals surface area contributed by atoms with Gasteiger partial charge in [-0.3, -0.25) is 9.59 Å². The molecule has 0 amide bonds. The first-order valence-electron chi connectivity index (χ1n) is 5.69. The maximum absolute atomic E-state index is 13.4. The molecule has 0 spiro atoms. The van der Waals surface area contributed by atoms with Crippen molar-refractivity contribution in [2.45, 2.75) is 0 Å². The first kappa shape index (κ1) is 11.6. The average Bonchev–Trinajstić information content (AvgIpc) is 2.44. The summed E-state index contributed by atoms with van der Waals surface area (Å²) < 4.78 is 18.5. The number of halogens is 1. The molecule has 3 nitrogen and oxygen atoms in total. The van der Waals surface area contributed by atoms with Gasteiger partial charge in [-0.15, -0.1) is 0 Å². The summed E-state index contributed by atoms with van der Waals surface area (Å²) in [6, 6.07) is 8.55. The molecule has 0 N–H and O–H groups in total. The minimum Gasteiger partial charge on any atom is -0.497 e. The van der Waals surface area contributed by atoms with Gasteiger partial charge < -0.3 is 4.74 Å². The van der Waals surface area contributed by atoms with Gasteiger partial charge in [0.25, 0.3) is 0 Å². The Morgan fingerprint density at radius 1 is 0.842 bits per heavy atom. The van der Waals surface area contributed by atoms with Crippen LogP contribution in [0.5, 0.6) is 5.75 Å². The first-order valence-corrected chi connectivity index (χ1v) is 5.69. The van der Waals surface area contributed by atoms with Crippen LogP contribution in [0.15, 0.2) is 36.4 Å². The van der Waals surface area contributed by atoms with E-state index in [1.54, 1.807) is 12.1 Å². The van der Waals surface area contributed by atoms with E-state index in [0.29, 0.717) is 16.9 Å². The third kappa shape index (κ3) is 1.64. The molecule has 1 aliphatic rings. The van der Waals surface area contributed by atoms with Crippen LogP contribution in [0.4, 0.5) is 4.39 Å². The number of carbonyl (C=O) groups excluding carboxylic acids is 2. The molecule has 0 aromatic heterocycles. The summed E-state index contributed by atoms with van der Waals surface area (Å²) in [6.45, 7) is 0. The molecule has 1 aliphatic carbocycles. The molecule has 0 aliphatic heterocycles. The van der Waals surface area contributed by atoms with Gasteiger partial charge in [-0.25, -0.2) is 4.39 Å². The lowest BCUT2D eigenvalue weighted by atomic mass is 9.84. The van der Waals surface area contributed by atoms with Crippen molar-refractivity contribution in [3.05, 3.63) is 53.3 Å². The molecule has 2 aromatic rings. The topological polar surface area (TPSA) is 43.4 Å². The van der Waals surface area contributed by atoms with Crippen molar-refractivity contribution in [3.8, 4) is 16.9 Å². The number of hydrogen-bond donors (Lipinski definition) is 0. The summed E-state index contributed by atoms with van der Waals surface area (Å²) in [7, 11) is 1.50. The molecule has 0 radical (unpaired) electrons. The predicted octanol–water partition coefficient (Wildman–Crippen LogP) is 2.88. The van der Waals surface area contributed by atoms with E-state index >= 15 is 0 Å². The second-order valence-electron chi connectivity index (χ2n) is 4.26. The van der Waals surface area contributed by atoms with E-state index in [1.807, 2.05) is 0 Å². The Morgan fingerprint density at radius 2 is 1.42 bits per heavy atom. The molecule has 0 heterocycles. The van der Waals surface area contributed by atoms with Crippen LogP contribution in [-0.2, 0) is 0 Å². The van der Waals surface area contributed by atoms with Gasteiger partial charge in [0.05, 0.1) is 7.11 Å². The minimum atomic E-state index is -0.604. The Hall–Kier alpha value is -2.49. The summed E-state index contributed by atoms with van der Waals surface area (Å²) in [6.07, 6.45) is 0. The molecule has 4 heteroatoms. The van der Waals surface area contributed by atoms with E-state index in [-0.39, 0.29) is 11.1 Å². The standard InChI is InChI=1S/C15H9FO3/c1-19-9-3-5-11-13(7-9)12-6-8(16)2-4-10(12)14(17)15(11)18/h2-7H,1H3. The molecule has 0 bridgehead atoms. The lowest BCUT2D eigenvalue weighted by molar-refractivity contribution is 0.0815. The van der Waals surface area contributed by atoms with E-state index in [1.165, 1.54) is 31.4 Å². The number of ketones is 2.